The Labute approximate surface area is 86.1 Å². The van der Waals surface area contributed by atoms with Crippen LogP contribution in [0.2, 0.25) is 0 Å². The molecule has 4 heteroatoms. The molecule has 0 atom stereocenters. The van der Waals surface area contributed by atoms with E-state index in [0.29, 0.717) is 6.61 Å². The summed E-state index contributed by atoms with van der Waals surface area (Å²) in [4.78, 5) is 1.95. The smallest absolute Gasteiger partial charge is 0.445 e. The van der Waals surface area contributed by atoms with Crippen molar-refractivity contribution in [2.24, 2.45) is 0 Å². The molecule has 0 radical (unpaired) electrons. The first kappa shape index (κ1) is 13.6. The van der Waals surface area contributed by atoms with Gasteiger partial charge in [0.25, 0.3) is 0 Å². The first-order chi connectivity index (χ1) is 4.59. The lowest BCUT2D eigenvalue weighted by Crippen LogP contribution is -3.00. The molecular formula is C7H17IN2O. The van der Waals surface area contributed by atoms with Crippen molar-refractivity contribution >= 4 is 6.02 Å². The topological polar surface area (TPSA) is 15.5 Å². The summed E-state index contributed by atoms with van der Waals surface area (Å²) in [5.41, 5.74) is 0. The van der Waals surface area contributed by atoms with Crippen LogP contribution in [0.1, 0.15) is 6.92 Å². The highest BCUT2D eigenvalue weighted by molar-refractivity contribution is 5.67. The minimum absolute atomic E-state index is 0. The number of hydrogen-bond acceptors (Lipinski definition) is 1. The van der Waals surface area contributed by atoms with Crippen LogP contribution >= 0.6 is 0 Å². The molecule has 0 aromatic rings. The SMILES string of the molecule is CCOC(N(C)C)=[N+](C)C.[I-]. The maximum atomic E-state index is 5.33. The lowest BCUT2D eigenvalue weighted by atomic mass is 10.8. The van der Waals surface area contributed by atoms with Gasteiger partial charge < -0.3 is 28.7 Å². The Morgan fingerprint density at radius 3 is 1.91 bits per heavy atom. The minimum Gasteiger partial charge on any atom is -1.00 e. The molecule has 0 fully saturated rings. The molecule has 0 amide bonds. The average molecular weight is 272 g/mol. The lowest BCUT2D eigenvalue weighted by Gasteiger charge is -2.09. The maximum Gasteiger partial charge on any atom is 0.445 e. The van der Waals surface area contributed by atoms with Crippen LogP contribution in [-0.2, 0) is 4.74 Å². The molecule has 0 aliphatic carbocycles. The van der Waals surface area contributed by atoms with E-state index in [4.69, 9.17) is 4.74 Å². The van der Waals surface area contributed by atoms with Gasteiger partial charge >= 0.3 is 6.02 Å². The molecule has 3 nitrogen and oxygen atoms in total. The van der Waals surface area contributed by atoms with Gasteiger partial charge in [-0.25, -0.2) is 9.48 Å². The fourth-order valence-electron chi connectivity index (χ4n) is 0.787. The predicted molar refractivity (Wildman–Crippen MR) is 42.4 cm³/mol. The van der Waals surface area contributed by atoms with Crippen LogP contribution in [0, 0.1) is 0 Å². The first-order valence-electron chi connectivity index (χ1n) is 3.44. The number of halogens is 1. The summed E-state index contributed by atoms with van der Waals surface area (Å²) < 4.78 is 7.28. The molecule has 0 aromatic heterocycles. The summed E-state index contributed by atoms with van der Waals surface area (Å²) in [6, 6.07) is 0.891. The normalized spacial score (nSPS) is 8.09. The van der Waals surface area contributed by atoms with Gasteiger partial charge in [-0.2, -0.15) is 0 Å². The van der Waals surface area contributed by atoms with Crippen molar-refractivity contribution in [2.45, 2.75) is 6.92 Å². The first-order valence-corrected chi connectivity index (χ1v) is 3.44. The monoisotopic (exact) mass is 272 g/mol. The van der Waals surface area contributed by atoms with Crippen LogP contribution < -0.4 is 24.0 Å². The summed E-state index contributed by atoms with van der Waals surface area (Å²) in [6.45, 7) is 2.69. The highest BCUT2D eigenvalue weighted by atomic mass is 127. The number of ether oxygens (including phenoxy) is 1. The third kappa shape index (κ3) is 5.29. The number of amidine groups is 1. The molecular weight excluding hydrogens is 255 g/mol. The van der Waals surface area contributed by atoms with Gasteiger partial charge in [0.1, 0.15) is 0 Å². The van der Waals surface area contributed by atoms with Crippen LogP contribution in [0.5, 0.6) is 0 Å². The highest BCUT2D eigenvalue weighted by Gasteiger charge is 2.10. The Balaban J connectivity index is 0. The fraction of sp³-hybridized carbons (Fsp3) is 0.857. The van der Waals surface area contributed by atoms with Gasteiger partial charge in [-0.15, -0.1) is 0 Å². The Morgan fingerprint density at radius 1 is 1.36 bits per heavy atom. The van der Waals surface area contributed by atoms with E-state index in [1.54, 1.807) is 0 Å². The lowest BCUT2D eigenvalue weighted by molar-refractivity contribution is -0.480. The van der Waals surface area contributed by atoms with E-state index in [-0.39, 0.29) is 24.0 Å². The molecule has 0 aromatic carbocycles. The van der Waals surface area contributed by atoms with E-state index in [0.717, 1.165) is 6.02 Å². The second kappa shape index (κ2) is 6.69. The molecule has 11 heavy (non-hydrogen) atoms. The van der Waals surface area contributed by atoms with Crippen LogP contribution in [0.25, 0.3) is 0 Å². The van der Waals surface area contributed by atoms with Gasteiger partial charge in [0, 0.05) is 0 Å². The summed E-state index contributed by atoms with van der Waals surface area (Å²) in [6.07, 6.45) is 0. The molecule has 0 N–H and O–H groups in total. The Kier molecular flexibility index (Phi) is 8.26. The van der Waals surface area contributed by atoms with E-state index in [1.807, 2.05) is 44.6 Å². The van der Waals surface area contributed by atoms with Crippen molar-refractivity contribution in [3.8, 4) is 0 Å². The number of rotatable bonds is 1. The molecule has 0 rings (SSSR count). The van der Waals surface area contributed by atoms with Gasteiger partial charge in [0.05, 0.1) is 34.8 Å². The van der Waals surface area contributed by atoms with E-state index in [2.05, 4.69) is 0 Å². The van der Waals surface area contributed by atoms with Crippen molar-refractivity contribution in [1.82, 2.24) is 4.90 Å². The molecule has 0 aliphatic heterocycles. The summed E-state index contributed by atoms with van der Waals surface area (Å²) in [7, 11) is 7.85. The molecule has 0 saturated heterocycles. The van der Waals surface area contributed by atoms with Gasteiger partial charge in [0.15, 0.2) is 0 Å². The fourth-order valence-corrected chi connectivity index (χ4v) is 0.787. The van der Waals surface area contributed by atoms with Crippen molar-refractivity contribution in [2.75, 3.05) is 34.8 Å². The molecule has 0 unspecified atom stereocenters. The van der Waals surface area contributed by atoms with Gasteiger partial charge in [-0.1, -0.05) is 0 Å². The van der Waals surface area contributed by atoms with Crippen LogP contribution in [-0.4, -0.2) is 50.3 Å². The van der Waals surface area contributed by atoms with Crippen molar-refractivity contribution in [3.05, 3.63) is 0 Å². The van der Waals surface area contributed by atoms with E-state index in [9.17, 15) is 0 Å². The van der Waals surface area contributed by atoms with E-state index < -0.39 is 0 Å². The third-order valence-corrected chi connectivity index (χ3v) is 1.04. The zero-order valence-corrected chi connectivity index (χ0v) is 10.0. The summed E-state index contributed by atoms with van der Waals surface area (Å²) in [5.74, 6) is 0. The second-order valence-electron chi connectivity index (χ2n) is 2.50. The molecule has 0 bridgehead atoms. The zero-order chi connectivity index (χ0) is 8.15. The quantitative estimate of drug-likeness (QED) is 0.222. The Bertz CT molecular complexity index is 130. The van der Waals surface area contributed by atoms with Crippen molar-refractivity contribution in [3.63, 3.8) is 0 Å². The van der Waals surface area contributed by atoms with E-state index in [1.165, 1.54) is 0 Å². The Hall–Kier alpha value is 0. The van der Waals surface area contributed by atoms with Gasteiger partial charge in [0.2, 0.25) is 0 Å². The molecule has 0 heterocycles. The standard InChI is InChI=1S/C7H17N2O.HI/c1-6-10-7(8(2)3)9(4)5;/h6H2,1-5H3;1H/q+1;/p-1. The maximum absolute atomic E-state index is 5.33. The largest absolute Gasteiger partial charge is 1.00 e. The number of hydrogen-bond donors (Lipinski definition) is 0. The van der Waals surface area contributed by atoms with Crippen molar-refractivity contribution < 1.29 is 33.3 Å². The van der Waals surface area contributed by atoms with Crippen LogP contribution in [0.3, 0.4) is 0 Å². The Morgan fingerprint density at radius 2 is 1.82 bits per heavy atom. The summed E-state index contributed by atoms with van der Waals surface area (Å²) in [5, 5.41) is 0. The molecule has 68 valence electrons. The molecule has 0 saturated carbocycles. The van der Waals surface area contributed by atoms with Gasteiger partial charge in [-0.05, 0) is 6.92 Å². The summed E-state index contributed by atoms with van der Waals surface area (Å²) >= 11 is 0. The second-order valence-corrected chi connectivity index (χ2v) is 2.50. The predicted octanol–water partition coefficient (Wildman–Crippen LogP) is -2.78. The third-order valence-electron chi connectivity index (χ3n) is 1.04. The number of nitrogens with zero attached hydrogens (tertiary/aromatic N) is 2. The molecule has 0 aliphatic rings. The highest BCUT2D eigenvalue weighted by Crippen LogP contribution is 1.84. The van der Waals surface area contributed by atoms with Crippen molar-refractivity contribution in [1.29, 1.82) is 0 Å². The average Bonchev–Trinajstić information content (AvgIpc) is 1.81. The van der Waals surface area contributed by atoms with Crippen LogP contribution in [0.15, 0.2) is 0 Å². The van der Waals surface area contributed by atoms with Gasteiger partial charge in [-0.3, -0.25) is 0 Å². The van der Waals surface area contributed by atoms with Crippen LogP contribution in [0.4, 0.5) is 0 Å². The minimum atomic E-state index is 0. The van der Waals surface area contributed by atoms with E-state index >= 15 is 0 Å². The molecule has 0 spiro atoms. The zero-order valence-electron chi connectivity index (χ0n) is 7.89.